The van der Waals surface area contributed by atoms with Gasteiger partial charge in [0.05, 0.1) is 50.7 Å². The van der Waals surface area contributed by atoms with Crippen molar-refractivity contribution >= 4 is 17.8 Å². The van der Waals surface area contributed by atoms with Crippen LogP contribution < -0.4 is 10.6 Å². The molecule has 18 atom stereocenters. The first-order valence-electron chi connectivity index (χ1n) is 31.0. The van der Waals surface area contributed by atoms with Crippen molar-refractivity contribution in [2.45, 2.75) is 317 Å². The fourth-order valence-corrected chi connectivity index (χ4v) is 10.9. The van der Waals surface area contributed by atoms with Crippen LogP contribution in [0.15, 0.2) is 12.2 Å². The van der Waals surface area contributed by atoms with Gasteiger partial charge in [-0.3, -0.25) is 9.59 Å². The van der Waals surface area contributed by atoms with Gasteiger partial charge in [-0.25, -0.2) is 4.79 Å². The Labute approximate surface area is 486 Å². The summed E-state index contributed by atoms with van der Waals surface area (Å²) < 4.78 is 34.7. The maximum atomic E-state index is 13.4. The number of hydrogen-bond donors (Lipinski definition) is 14. The number of amides is 2. The van der Waals surface area contributed by atoms with E-state index in [1.807, 2.05) is 0 Å². The lowest BCUT2D eigenvalue weighted by molar-refractivity contribution is -0.386. The molecule has 0 bridgehead atoms. The summed E-state index contributed by atoms with van der Waals surface area (Å²) >= 11 is 0. The molecule has 3 saturated heterocycles. The molecule has 82 heavy (non-hydrogen) atoms. The van der Waals surface area contributed by atoms with Gasteiger partial charge in [0, 0.05) is 19.8 Å². The topological polar surface area (TPSA) is 373 Å². The molecule has 0 aromatic carbocycles. The van der Waals surface area contributed by atoms with Crippen LogP contribution in [0.5, 0.6) is 0 Å². The van der Waals surface area contributed by atoms with Crippen molar-refractivity contribution < 1.29 is 104 Å². The summed E-state index contributed by atoms with van der Waals surface area (Å²) in [6.45, 7) is 2.13. The third-order valence-electron chi connectivity index (χ3n) is 16.0. The second-order valence-electron chi connectivity index (χ2n) is 22.9. The summed E-state index contributed by atoms with van der Waals surface area (Å²) in [6, 6.07) is -2.53. The minimum atomic E-state index is -3.08. The number of aliphatic carboxylic acids is 1. The van der Waals surface area contributed by atoms with Crippen LogP contribution in [0.2, 0.25) is 0 Å². The second kappa shape index (κ2) is 41.5. The Morgan fingerprint density at radius 3 is 1.65 bits per heavy atom. The van der Waals surface area contributed by atoms with Crippen LogP contribution in [0.25, 0.3) is 0 Å². The van der Waals surface area contributed by atoms with E-state index in [4.69, 9.17) is 28.4 Å². The van der Waals surface area contributed by atoms with Gasteiger partial charge >= 0.3 is 5.97 Å². The average molecular weight is 1180 g/mol. The highest BCUT2D eigenvalue weighted by molar-refractivity contribution is 5.77. The minimum Gasteiger partial charge on any atom is -0.477 e. The standard InChI is InChI=1S/C59H108N2O21/c1-4-6-8-10-12-14-15-16-17-18-19-20-21-22-23-25-27-29-31-33-46(69)61-40(41(66)32-30-28-26-24-13-11-9-7-5-2)38-77-56-51(73)50(72)53(45(37-64)79-56)80-57-52(74)55(49(71)44(36-63)78-57)82-59(58(75)76)34-42(67)47(60-39(3)65)54(81-59)48(70)43(68)35-62/h18-19,40-45,47-57,62-64,66-68,70-74H,4-17,20-38H2,1-3H3,(H,60,65)(H,61,69)(H,75,76)/b19-18-. The van der Waals surface area contributed by atoms with Gasteiger partial charge in [-0.1, -0.05) is 161 Å². The zero-order chi connectivity index (χ0) is 60.5. The van der Waals surface area contributed by atoms with Crippen LogP contribution in [-0.4, -0.2) is 215 Å². The highest BCUT2D eigenvalue weighted by Gasteiger charge is 2.60. The number of unbranched alkanes of at least 4 members (excludes halogenated alkanes) is 23. The maximum Gasteiger partial charge on any atom is 0.364 e. The molecule has 0 aromatic rings. The van der Waals surface area contributed by atoms with Crippen LogP contribution in [0.1, 0.15) is 207 Å². The van der Waals surface area contributed by atoms with Crippen molar-refractivity contribution in [3.8, 4) is 0 Å². The lowest BCUT2D eigenvalue weighted by Crippen LogP contribution is -2.70. The molecule has 0 radical (unpaired) electrons. The number of carbonyl (C=O) groups excluding carboxylic acids is 2. The molecule has 3 heterocycles. The largest absolute Gasteiger partial charge is 0.477 e. The first-order chi connectivity index (χ1) is 39.4. The van der Waals surface area contributed by atoms with E-state index in [0.717, 1.165) is 84.0 Å². The number of hydrogen-bond acceptors (Lipinski definition) is 20. The summed E-state index contributed by atoms with van der Waals surface area (Å²) in [4.78, 5) is 38.4. The Hall–Kier alpha value is -2.53. The first kappa shape index (κ1) is 73.7. The lowest BCUT2D eigenvalue weighted by Gasteiger charge is -2.50. The molecule has 0 spiro atoms. The number of carboxylic acids is 1. The molecule has 23 nitrogen and oxygen atoms in total. The molecule has 23 heteroatoms. The van der Waals surface area contributed by atoms with Crippen LogP contribution in [-0.2, 0) is 42.8 Å². The quantitative estimate of drug-likeness (QED) is 0.0307. The van der Waals surface area contributed by atoms with E-state index in [2.05, 4.69) is 36.6 Å². The predicted octanol–water partition coefficient (Wildman–Crippen LogP) is 3.17. The van der Waals surface area contributed by atoms with Gasteiger partial charge in [-0.15, -0.1) is 0 Å². The molecule has 2 amide bonds. The van der Waals surface area contributed by atoms with Crippen molar-refractivity contribution in [3.63, 3.8) is 0 Å². The number of aliphatic hydroxyl groups is 11. The van der Waals surface area contributed by atoms with Crippen molar-refractivity contribution in [2.75, 3.05) is 26.4 Å². The number of carboxylic acid groups (broad SMARTS) is 1. The Bertz CT molecular complexity index is 1740. The van der Waals surface area contributed by atoms with Crippen molar-refractivity contribution in [2.24, 2.45) is 0 Å². The Kier molecular flexibility index (Phi) is 37.4. The number of ether oxygens (including phenoxy) is 6. The van der Waals surface area contributed by atoms with Gasteiger partial charge < -0.3 is 100 Å². The molecule has 3 aliphatic rings. The van der Waals surface area contributed by atoms with Crippen molar-refractivity contribution in [1.29, 1.82) is 0 Å². The minimum absolute atomic E-state index is 0.219. The van der Waals surface area contributed by atoms with Gasteiger partial charge in [0.1, 0.15) is 67.1 Å². The molecule has 3 fully saturated rings. The summed E-state index contributed by atoms with van der Waals surface area (Å²) in [7, 11) is 0. The molecule has 14 N–H and O–H groups in total. The molecule has 480 valence electrons. The highest BCUT2D eigenvalue weighted by atomic mass is 16.8. The Morgan fingerprint density at radius 2 is 1.13 bits per heavy atom. The van der Waals surface area contributed by atoms with Crippen molar-refractivity contribution in [3.05, 3.63) is 12.2 Å². The van der Waals surface area contributed by atoms with Gasteiger partial charge in [0.25, 0.3) is 5.79 Å². The van der Waals surface area contributed by atoms with Crippen LogP contribution >= 0.6 is 0 Å². The molecule has 0 aliphatic carbocycles. The van der Waals surface area contributed by atoms with E-state index in [0.29, 0.717) is 19.3 Å². The third-order valence-corrected chi connectivity index (χ3v) is 16.0. The predicted molar refractivity (Wildman–Crippen MR) is 301 cm³/mol. The van der Waals surface area contributed by atoms with E-state index < -0.39 is 148 Å². The zero-order valence-electron chi connectivity index (χ0n) is 49.3. The fourth-order valence-electron chi connectivity index (χ4n) is 10.9. The monoisotopic (exact) mass is 1180 g/mol. The Morgan fingerprint density at radius 1 is 0.622 bits per heavy atom. The molecule has 18 unspecified atom stereocenters. The second-order valence-corrected chi connectivity index (χ2v) is 22.9. The third kappa shape index (κ3) is 25.4. The van der Waals surface area contributed by atoms with Gasteiger partial charge in [0.2, 0.25) is 11.8 Å². The lowest BCUT2D eigenvalue weighted by atomic mass is 9.88. The van der Waals surface area contributed by atoms with Gasteiger partial charge in [0.15, 0.2) is 12.6 Å². The highest BCUT2D eigenvalue weighted by Crippen LogP contribution is 2.38. The van der Waals surface area contributed by atoms with E-state index in [1.165, 1.54) is 77.0 Å². The summed E-state index contributed by atoms with van der Waals surface area (Å²) in [6.07, 6.45) is 5.45. The van der Waals surface area contributed by atoms with E-state index >= 15 is 0 Å². The van der Waals surface area contributed by atoms with Crippen LogP contribution in [0.4, 0.5) is 0 Å². The molecule has 0 aromatic heterocycles. The van der Waals surface area contributed by atoms with Gasteiger partial charge in [-0.2, -0.15) is 0 Å². The number of nitrogens with one attached hydrogen (secondary N) is 2. The summed E-state index contributed by atoms with van der Waals surface area (Å²) in [5.74, 6) is -6.11. The van der Waals surface area contributed by atoms with E-state index in [-0.39, 0.29) is 18.9 Å². The van der Waals surface area contributed by atoms with Gasteiger partial charge in [-0.05, 0) is 38.5 Å². The average Bonchev–Trinajstić information content (AvgIpc) is 3.65. The fraction of sp³-hybridized carbons (Fsp3) is 0.915. The zero-order valence-corrected chi connectivity index (χ0v) is 49.3. The summed E-state index contributed by atoms with van der Waals surface area (Å²) in [5, 5.41) is 135. The number of rotatable bonds is 45. The Balaban J connectivity index is 1.62. The SMILES string of the molecule is CCCCCCCCCC/C=C\CCCCCCCCCC(=O)NC(COC1OC(CO)C(OC2OC(CO)C(O)C(OC3(C(=O)O)CC(O)C(NC(C)=O)C(C(O)C(O)CO)O3)C2O)C(O)C1O)C(O)CCCCCCCCCCC. The normalized spacial score (nSPS) is 30.2. The van der Waals surface area contributed by atoms with Crippen LogP contribution in [0.3, 0.4) is 0 Å². The number of aliphatic hydroxyl groups excluding tert-OH is 11. The molecule has 3 rings (SSSR count). The number of carbonyl (C=O) groups is 3. The van der Waals surface area contributed by atoms with Crippen LogP contribution in [0, 0.1) is 0 Å². The molecular weight excluding hydrogens is 1070 g/mol. The van der Waals surface area contributed by atoms with Crippen molar-refractivity contribution in [1.82, 2.24) is 10.6 Å². The van der Waals surface area contributed by atoms with E-state index in [9.17, 15) is 75.7 Å². The molecular formula is C59H108N2O21. The first-order valence-corrected chi connectivity index (χ1v) is 31.0. The molecule has 0 saturated carbocycles. The number of allylic oxidation sites excluding steroid dienone is 2. The van der Waals surface area contributed by atoms with E-state index in [1.54, 1.807) is 0 Å². The summed E-state index contributed by atoms with van der Waals surface area (Å²) in [5.41, 5.74) is 0. The smallest absolute Gasteiger partial charge is 0.364 e. The molecule has 3 aliphatic heterocycles. The maximum absolute atomic E-state index is 13.4.